The maximum atomic E-state index is 5.22. The molecule has 0 aromatic carbocycles. The molecular weight excluding hydrogens is 280 g/mol. The van der Waals surface area contributed by atoms with Crippen LogP contribution in [0, 0.1) is 13.8 Å². The summed E-state index contributed by atoms with van der Waals surface area (Å²) in [6.45, 7) is 7.99. The van der Waals surface area contributed by atoms with Gasteiger partial charge in [-0.15, -0.1) is 0 Å². The fourth-order valence-corrected chi connectivity index (χ4v) is 2.01. The van der Waals surface area contributed by atoms with Crippen LogP contribution >= 0.6 is 0 Å². The van der Waals surface area contributed by atoms with Gasteiger partial charge in [-0.3, -0.25) is 0 Å². The first-order valence-corrected chi connectivity index (χ1v) is 7.42. The van der Waals surface area contributed by atoms with E-state index in [1.807, 2.05) is 52.5 Å². The van der Waals surface area contributed by atoms with Crippen molar-refractivity contribution in [2.24, 2.45) is 0 Å². The molecule has 0 N–H and O–H groups in total. The van der Waals surface area contributed by atoms with E-state index in [-0.39, 0.29) is 12.2 Å². The second kappa shape index (κ2) is 6.06. The SMILES string of the molecule is Cc1cnc([C@@H]2O[C@H]2C)nc1.Cc1cnc([C@H]2O[C@@H]2C)nc1. The van der Waals surface area contributed by atoms with Crippen molar-refractivity contribution in [3.05, 3.63) is 47.6 Å². The van der Waals surface area contributed by atoms with Crippen LogP contribution in [0.5, 0.6) is 0 Å². The monoisotopic (exact) mass is 300 g/mol. The van der Waals surface area contributed by atoms with Crippen LogP contribution in [0.25, 0.3) is 0 Å². The largest absolute Gasteiger partial charge is 0.361 e. The van der Waals surface area contributed by atoms with Crippen LogP contribution < -0.4 is 0 Å². The lowest BCUT2D eigenvalue weighted by atomic mass is 10.3. The molecule has 6 heteroatoms. The molecule has 2 aliphatic heterocycles. The minimum absolute atomic E-state index is 0.149. The molecule has 0 saturated carbocycles. The fourth-order valence-electron chi connectivity index (χ4n) is 2.01. The molecule has 0 unspecified atom stereocenters. The first-order valence-electron chi connectivity index (χ1n) is 7.42. The van der Waals surface area contributed by atoms with Gasteiger partial charge in [0.1, 0.15) is 12.2 Å². The molecule has 2 saturated heterocycles. The molecule has 4 atom stereocenters. The first-order chi connectivity index (χ1) is 10.5. The Hall–Kier alpha value is -1.92. The third-order valence-corrected chi connectivity index (χ3v) is 3.53. The van der Waals surface area contributed by atoms with Gasteiger partial charge < -0.3 is 9.47 Å². The topological polar surface area (TPSA) is 76.6 Å². The summed E-state index contributed by atoms with van der Waals surface area (Å²) in [6.07, 6.45) is 8.17. The third kappa shape index (κ3) is 3.64. The molecule has 2 aromatic rings. The van der Waals surface area contributed by atoms with Gasteiger partial charge >= 0.3 is 0 Å². The first kappa shape index (κ1) is 15.0. The molecule has 0 amide bonds. The summed E-state index contributed by atoms with van der Waals surface area (Å²) in [6, 6.07) is 0. The lowest BCUT2D eigenvalue weighted by Gasteiger charge is -1.93. The maximum Gasteiger partial charge on any atom is 0.159 e. The zero-order valence-electron chi connectivity index (χ0n) is 13.2. The fraction of sp³-hybridized carbons (Fsp3) is 0.500. The van der Waals surface area contributed by atoms with E-state index < -0.39 is 0 Å². The Morgan fingerprint density at radius 2 is 0.955 bits per heavy atom. The van der Waals surface area contributed by atoms with Gasteiger partial charge in [-0.05, 0) is 38.8 Å². The molecule has 2 aliphatic rings. The van der Waals surface area contributed by atoms with Gasteiger partial charge in [-0.2, -0.15) is 0 Å². The molecule has 0 spiro atoms. The van der Waals surface area contributed by atoms with Crippen molar-refractivity contribution in [3.63, 3.8) is 0 Å². The van der Waals surface area contributed by atoms with Crippen molar-refractivity contribution in [2.75, 3.05) is 0 Å². The Kier molecular flexibility index (Phi) is 4.13. The number of ether oxygens (including phenoxy) is 2. The quantitative estimate of drug-likeness (QED) is 0.793. The molecule has 6 nitrogen and oxygen atoms in total. The van der Waals surface area contributed by atoms with E-state index in [4.69, 9.17) is 9.47 Å². The zero-order chi connectivity index (χ0) is 15.7. The van der Waals surface area contributed by atoms with E-state index in [0.29, 0.717) is 12.2 Å². The predicted octanol–water partition coefficient (Wildman–Crippen LogP) is 2.49. The number of rotatable bonds is 2. The highest BCUT2D eigenvalue weighted by Crippen LogP contribution is 2.36. The second-order valence-electron chi connectivity index (χ2n) is 5.76. The Morgan fingerprint density at radius 3 is 1.18 bits per heavy atom. The van der Waals surface area contributed by atoms with E-state index in [0.717, 1.165) is 22.8 Å². The van der Waals surface area contributed by atoms with Crippen molar-refractivity contribution >= 4 is 0 Å². The minimum atomic E-state index is 0.149. The van der Waals surface area contributed by atoms with Crippen LogP contribution in [0.1, 0.15) is 48.8 Å². The number of aromatic nitrogens is 4. The predicted molar refractivity (Wildman–Crippen MR) is 80.1 cm³/mol. The van der Waals surface area contributed by atoms with Crippen LogP contribution in [-0.2, 0) is 9.47 Å². The second-order valence-corrected chi connectivity index (χ2v) is 5.76. The van der Waals surface area contributed by atoms with Crippen LogP contribution in [0.15, 0.2) is 24.8 Å². The normalized spacial score (nSPS) is 28.5. The Labute approximate surface area is 130 Å². The molecule has 2 aromatic heterocycles. The number of hydrogen-bond acceptors (Lipinski definition) is 6. The number of hydrogen-bond donors (Lipinski definition) is 0. The molecule has 0 radical (unpaired) electrons. The highest BCUT2D eigenvalue weighted by atomic mass is 16.6. The maximum absolute atomic E-state index is 5.22. The number of aryl methyl sites for hydroxylation is 2. The summed E-state index contributed by atoms with van der Waals surface area (Å²) in [7, 11) is 0. The van der Waals surface area contributed by atoms with Crippen molar-refractivity contribution in [2.45, 2.75) is 52.1 Å². The third-order valence-electron chi connectivity index (χ3n) is 3.53. The Bertz CT molecular complexity index is 572. The van der Waals surface area contributed by atoms with E-state index >= 15 is 0 Å². The van der Waals surface area contributed by atoms with Crippen molar-refractivity contribution in [1.29, 1.82) is 0 Å². The van der Waals surface area contributed by atoms with Gasteiger partial charge in [0, 0.05) is 24.8 Å². The van der Waals surface area contributed by atoms with Gasteiger partial charge in [0.15, 0.2) is 11.6 Å². The standard InChI is InChI=1S/2C8H10N2O/c2*1-5-3-9-8(10-4-5)7-6(2)11-7/h2*3-4,6-7H,1-2H3/t2*6-,7+/m10/s1. The molecule has 2 fully saturated rings. The highest BCUT2D eigenvalue weighted by molar-refractivity contribution is 5.08. The number of epoxide rings is 2. The summed E-state index contributed by atoms with van der Waals surface area (Å²) < 4.78 is 10.4. The van der Waals surface area contributed by atoms with E-state index in [2.05, 4.69) is 19.9 Å². The molecule has 0 bridgehead atoms. The number of nitrogens with zero attached hydrogens (tertiary/aromatic N) is 4. The lowest BCUT2D eigenvalue weighted by molar-refractivity contribution is 0.376. The van der Waals surface area contributed by atoms with E-state index in [9.17, 15) is 0 Å². The Morgan fingerprint density at radius 1 is 0.682 bits per heavy atom. The van der Waals surface area contributed by atoms with Crippen molar-refractivity contribution in [1.82, 2.24) is 19.9 Å². The highest BCUT2D eigenvalue weighted by Gasteiger charge is 2.38. The lowest BCUT2D eigenvalue weighted by Crippen LogP contribution is -1.93. The molecule has 22 heavy (non-hydrogen) atoms. The summed E-state index contributed by atoms with van der Waals surface area (Å²) in [5.41, 5.74) is 2.17. The van der Waals surface area contributed by atoms with Gasteiger partial charge in [0.2, 0.25) is 0 Å². The van der Waals surface area contributed by atoms with Crippen LogP contribution in [-0.4, -0.2) is 32.1 Å². The molecular formula is C16H20N4O2. The van der Waals surface area contributed by atoms with Crippen LogP contribution in [0.4, 0.5) is 0 Å². The van der Waals surface area contributed by atoms with Crippen molar-refractivity contribution in [3.8, 4) is 0 Å². The average molecular weight is 300 g/mol. The van der Waals surface area contributed by atoms with Gasteiger partial charge in [-0.1, -0.05) is 0 Å². The average Bonchev–Trinajstić information content (AvgIpc) is 3.41. The Balaban J connectivity index is 0.000000131. The van der Waals surface area contributed by atoms with Gasteiger partial charge in [0.25, 0.3) is 0 Å². The summed E-state index contributed by atoms with van der Waals surface area (Å²) in [4.78, 5) is 16.6. The smallest absolute Gasteiger partial charge is 0.159 e. The molecule has 116 valence electrons. The van der Waals surface area contributed by atoms with Crippen LogP contribution in [0.2, 0.25) is 0 Å². The van der Waals surface area contributed by atoms with E-state index in [1.165, 1.54) is 0 Å². The van der Waals surface area contributed by atoms with Crippen molar-refractivity contribution < 1.29 is 9.47 Å². The molecule has 0 aliphatic carbocycles. The van der Waals surface area contributed by atoms with E-state index in [1.54, 1.807) is 0 Å². The van der Waals surface area contributed by atoms with Gasteiger partial charge in [-0.25, -0.2) is 19.9 Å². The summed E-state index contributed by atoms with van der Waals surface area (Å²) in [5.74, 6) is 1.62. The van der Waals surface area contributed by atoms with Crippen LogP contribution in [0.3, 0.4) is 0 Å². The molecule has 4 rings (SSSR count). The summed E-state index contributed by atoms with van der Waals surface area (Å²) >= 11 is 0. The summed E-state index contributed by atoms with van der Waals surface area (Å²) in [5, 5.41) is 0. The zero-order valence-corrected chi connectivity index (χ0v) is 13.2. The minimum Gasteiger partial charge on any atom is -0.361 e. The van der Waals surface area contributed by atoms with Gasteiger partial charge in [0.05, 0.1) is 12.2 Å². The molecule has 4 heterocycles.